The summed E-state index contributed by atoms with van der Waals surface area (Å²) in [6.45, 7) is 9.95. The van der Waals surface area contributed by atoms with Gasteiger partial charge in [0.1, 0.15) is 12.2 Å². The molecule has 4 heteroatoms. The molecule has 1 saturated carbocycles. The smallest absolute Gasteiger partial charge is 0.138 e. The standard InChI is InChI=1S/C17H32N4/c1-4-9-18-11-16(15-7-5-6-8-15)10-17-19-13-20-21(17)12-14(2)3/h13-16,18H,4-12H2,1-3H3. The third-order valence-electron chi connectivity index (χ3n) is 4.58. The zero-order valence-corrected chi connectivity index (χ0v) is 14.0. The molecule has 1 atom stereocenters. The second kappa shape index (κ2) is 8.52. The summed E-state index contributed by atoms with van der Waals surface area (Å²) < 4.78 is 2.12. The molecule has 0 saturated heterocycles. The predicted molar refractivity (Wildman–Crippen MR) is 87.2 cm³/mol. The van der Waals surface area contributed by atoms with Crippen molar-refractivity contribution in [3.8, 4) is 0 Å². The molecule has 0 aromatic carbocycles. The first-order chi connectivity index (χ1) is 10.2. The van der Waals surface area contributed by atoms with Crippen LogP contribution in [0, 0.1) is 17.8 Å². The van der Waals surface area contributed by atoms with E-state index >= 15 is 0 Å². The lowest BCUT2D eigenvalue weighted by molar-refractivity contribution is 0.309. The highest BCUT2D eigenvalue weighted by Crippen LogP contribution is 2.32. The molecule has 1 heterocycles. The number of hydrogen-bond acceptors (Lipinski definition) is 3. The van der Waals surface area contributed by atoms with Gasteiger partial charge in [-0.3, -0.25) is 0 Å². The van der Waals surface area contributed by atoms with Crippen molar-refractivity contribution >= 4 is 0 Å². The fourth-order valence-corrected chi connectivity index (χ4v) is 3.48. The van der Waals surface area contributed by atoms with E-state index in [-0.39, 0.29) is 0 Å². The van der Waals surface area contributed by atoms with Crippen molar-refractivity contribution in [1.82, 2.24) is 20.1 Å². The van der Waals surface area contributed by atoms with Crippen molar-refractivity contribution in [2.24, 2.45) is 17.8 Å². The van der Waals surface area contributed by atoms with Crippen LogP contribution in [-0.2, 0) is 13.0 Å². The zero-order valence-electron chi connectivity index (χ0n) is 14.0. The van der Waals surface area contributed by atoms with Crippen LogP contribution < -0.4 is 5.32 Å². The van der Waals surface area contributed by atoms with Gasteiger partial charge in [-0.1, -0.05) is 46.5 Å². The minimum absolute atomic E-state index is 0.619. The van der Waals surface area contributed by atoms with Gasteiger partial charge in [0.05, 0.1) is 0 Å². The fourth-order valence-electron chi connectivity index (χ4n) is 3.48. The van der Waals surface area contributed by atoms with Gasteiger partial charge in [0, 0.05) is 13.0 Å². The van der Waals surface area contributed by atoms with E-state index in [0.29, 0.717) is 11.8 Å². The molecule has 4 nitrogen and oxygen atoms in total. The second-order valence-electron chi connectivity index (χ2n) is 6.97. The first-order valence-corrected chi connectivity index (χ1v) is 8.78. The Morgan fingerprint density at radius 2 is 2.10 bits per heavy atom. The van der Waals surface area contributed by atoms with E-state index < -0.39 is 0 Å². The Morgan fingerprint density at radius 1 is 1.33 bits per heavy atom. The Balaban J connectivity index is 1.98. The van der Waals surface area contributed by atoms with Crippen molar-refractivity contribution < 1.29 is 0 Å². The van der Waals surface area contributed by atoms with Crippen molar-refractivity contribution in [3.05, 3.63) is 12.2 Å². The molecular weight excluding hydrogens is 260 g/mol. The summed E-state index contributed by atoms with van der Waals surface area (Å²) >= 11 is 0. The highest BCUT2D eigenvalue weighted by atomic mass is 15.3. The van der Waals surface area contributed by atoms with E-state index in [4.69, 9.17) is 0 Å². The summed E-state index contributed by atoms with van der Waals surface area (Å²) in [5.74, 6) is 3.39. The van der Waals surface area contributed by atoms with Crippen LogP contribution in [0.5, 0.6) is 0 Å². The van der Waals surface area contributed by atoms with Crippen LogP contribution in [0.25, 0.3) is 0 Å². The van der Waals surface area contributed by atoms with Crippen LogP contribution in [-0.4, -0.2) is 27.9 Å². The van der Waals surface area contributed by atoms with E-state index in [2.05, 4.69) is 40.9 Å². The van der Waals surface area contributed by atoms with E-state index in [1.165, 1.54) is 37.9 Å². The molecule has 0 aliphatic heterocycles. The minimum atomic E-state index is 0.619. The second-order valence-corrected chi connectivity index (χ2v) is 6.97. The highest BCUT2D eigenvalue weighted by Gasteiger charge is 2.26. The van der Waals surface area contributed by atoms with Gasteiger partial charge in [0.2, 0.25) is 0 Å². The van der Waals surface area contributed by atoms with E-state index in [0.717, 1.165) is 32.0 Å². The number of nitrogens with one attached hydrogen (secondary N) is 1. The average Bonchev–Trinajstić information content (AvgIpc) is 3.09. The first-order valence-electron chi connectivity index (χ1n) is 8.78. The van der Waals surface area contributed by atoms with Gasteiger partial charge < -0.3 is 5.32 Å². The Labute approximate surface area is 129 Å². The largest absolute Gasteiger partial charge is 0.316 e. The average molecular weight is 292 g/mol. The maximum atomic E-state index is 4.53. The van der Waals surface area contributed by atoms with Crippen LogP contribution in [0.15, 0.2) is 6.33 Å². The van der Waals surface area contributed by atoms with E-state index in [1.54, 1.807) is 6.33 Å². The van der Waals surface area contributed by atoms with Gasteiger partial charge in [0.15, 0.2) is 0 Å². The molecule has 120 valence electrons. The minimum Gasteiger partial charge on any atom is -0.316 e. The third kappa shape index (κ3) is 5.10. The molecule has 1 aromatic rings. The molecule has 0 spiro atoms. The van der Waals surface area contributed by atoms with Crippen LogP contribution in [0.1, 0.15) is 58.7 Å². The summed E-state index contributed by atoms with van der Waals surface area (Å²) in [4.78, 5) is 4.53. The topological polar surface area (TPSA) is 42.7 Å². The number of nitrogens with zero attached hydrogens (tertiary/aromatic N) is 3. The molecule has 0 bridgehead atoms. The maximum Gasteiger partial charge on any atom is 0.138 e. The Bertz CT molecular complexity index is 393. The quantitative estimate of drug-likeness (QED) is 0.710. The van der Waals surface area contributed by atoms with Crippen molar-refractivity contribution in [2.75, 3.05) is 13.1 Å². The zero-order chi connectivity index (χ0) is 15.1. The number of hydrogen-bond donors (Lipinski definition) is 1. The van der Waals surface area contributed by atoms with Crippen molar-refractivity contribution in [1.29, 1.82) is 0 Å². The Morgan fingerprint density at radius 3 is 2.76 bits per heavy atom. The molecule has 21 heavy (non-hydrogen) atoms. The molecule has 1 aliphatic rings. The van der Waals surface area contributed by atoms with E-state index in [1.807, 2.05) is 0 Å². The molecule has 0 radical (unpaired) electrons. The maximum absolute atomic E-state index is 4.53. The third-order valence-corrected chi connectivity index (χ3v) is 4.58. The summed E-state index contributed by atoms with van der Waals surface area (Å²) in [6.07, 6.45) is 9.63. The Kier molecular flexibility index (Phi) is 6.68. The lowest BCUT2D eigenvalue weighted by Gasteiger charge is -2.24. The number of aromatic nitrogens is 3. The van der Waals surface area contributed by atoms with Gasteiger partial charge in [-0.15, -0.1) is 0 Å². The van der Waals surface area contributed by atoms with Gasteiger partial charge in [0.25, 0.3) is 0 Å². The lowest BCUT2D eigenvalue weighted by Crippen LogP contribution is -2.30. The highest BCUT2D eigenvalue weighted by molar-refractivity contribution is 4.91. The Hall–Kier alpha value is -0.900. The number of rotatable bonds is 9. The molecule has 1 unspecified atom stereocenters. The first kappa shape index (κ1) is 16.5. The summed E-state index contributed by atoms with van der Waals surface area (Å²) in [5.41, 5.74) is 0. The summed E-state index contributed by atoms with van der Waals surface area (Å²) in [7, 11) is 0. The normalized spacial score (nSPS) is 17.7. The molecule has 1 fully saturated rings. The summed E-state index contributed by atoms with van der Waals surface area (Å²) in [5, 5.41) is 8.04. The molecule has 1 aliphatic carbocycles. The molecule has 1 N–H and O–H groups in total. The monoisotopic (exact) mass is 292 g/mol. The van der Waals surface area contributed by atoms with Crippen molar-refractivity contribution in [2.45, 2.75) is 65.8 Å². The lowest BCUT2D eigenvalue weighted by atomic mass is 9.87. The van der Waals surface area contributed by atoms with Gasteiger partial charge >= 0.3 is 0 Å². The van der Waals surface area contributed by atoms with Gasteiger partial charge in [-0.25, -0.2) is 9.67 Å². The molecular formula is C17H32N4. The van der Waals surface area contributed by atoms with Crippen LogP contribution >= 0.6 is 0 Å². The van der Waals surface area contributed by atoms with Crippen LogP contribution in [0.4, 0.5) is 0 Å². The van der Waals surface area contributed by atoms with Crippen LogP contribution in [0.3, 0.4) is 0 Å². The van der Waals surface area contributed by atoms with Crippen LogP contribution in [0.2, 0.25) is 0 Å². The fraction of sp³-hybridized carbons (Fsp3) is 0.882. The van der Waals surface area contributed by atoms with Gasteiger partial charge in [-0.05, 0) is 37.3 Å². The molecule has 2 rings (SSSR count). The SMILES string of the molecule is CCCNCC(Cc1ncnn1CC(C)C)C1CCCC1. The van der Waals surface area contributed by atoms with E-state index in [9.17, 15) is 0 Å². The van der Waals surface area contributed by atoms with Crippen molar-refractivity contribution in [3.63, 3.8) is 0 Å². The summed E-state index contributed by atoms with van der Waals surface area (Å²) in [6, 6.07) is 0. The molecule has 0 amide bonds. The van der Waals surface area contributed by atoms with Gasteiger partial charge in [-0.2, -0.15) is 5.10 Å². The predicted octanol–water partition coefficient (Wildman–Crippen LogP) is 3.28. The molecule has 1 aromatic heterocycles.